The molecule has 4 nitrogen and oxygen atoms in total. The van der Waals surface area contributed by atoms with Gasteiger partial charge in [0.15, 0.2) is 5.78 Å². The van der Waals surface area contributed by atoms with Crippen molar-refractivity contribution in [1.82, 2.24) is 4.90 Å². The van der Waals surface area contributed by atoms with E-state index in [1.807, 2.05) is 42.5 Å². The molecule has 2 N–H and O–H groups in total. The van der Waals surface area contributed by atoms with E-state index in [0.29, 0.717) is 30.4 Å². The number of rotatable bonds is 6. The first kappa shape index (κ1) is 20.3. The molecule has 0 radical (unpaired) electrons. The number of Topliss-reactive ketones (excluding diaryl/α,β-unsaturated/α-hetero) is 1. The van der Waals surface area contributed by atoms with E-state index in [4.69, 9.17) is 0 Å². The zero-order valence-corrected chi connectivity index (χ0v) is 17.3. The predicted octanol–water partition coefficient (Wildman–Crippen LogP) is 3.41. The molecule has 1 saturated carbocycles. The van der Waals surface area contributed by atoms with Crippen LogP contribution in [-0.4, -0.2) is 46.1 Å². The van der Waals surface area contributed by atoms with Crippen LogP contribution in [0.2, 0.25) is 0 Å². The Morgan fingerprint density at radius 1 is 1.03 bits per heavy atom. The van der Waals surface area contributed by atoms with Crippen LogP contribution in [0.25, 0.3) is 0 Å². The van der Waals surface area contributed by atoms with Gasteiger partial charge in [0.25, 0.3) is 0 Å². The minimum Gasteiger partial charge on any atom is -0.390 e. The third kappa shape index (κ3) is 4.61. The molecule has 2 unspecified atom stereocenters. The molecule has 0 bridgehead atoms. The van der Waals surface area contributed by atoms with Gasteiger partial charge in [-0.1, -0.05) is 54.6 Å². The lowest BCUT2D eigenvalue weighted by Gasteiger charge is -2.26. The molecule has 4 rings (SSSR count). The number of likely N-dealkylation sites (tertiary alicyclic amines) is 1. The number of hydrogen-bond acceptors (Lipinski definition) is 4. The van der Waals surface area contributed by atoms with Gasteiger partial charge in [0, 0.05) is 25.1 Å². The molecule has 0 aromatic heterocycles. The van der Waals surface area contributed by atoms with Crippen LogP contribution < -0.4 is 0 Å². The first-order chi connectivity index (χ1) is 13.7. The Morgan fingerprint density at radius 2 is 1.62 bits per heavy atom. The van der Waals surface area contributed by atoms with Crippen molar-refractivity contribution in [3.63, 3.8) is 0 Å². The van der Waals surface area contributed by atoms with E-state index in [0.717, 1.165) is 31.5 Å². The number of ketones is 1. The Labute approximate surface area is 173 Å². The monoisotopic (exact) mass is 393 g/mol. The van der Waals surface area contributed by atoms with Gasteiger partial charge in [-0.05, 0) is 49.7 Å². The topological polar surface area (TPSA) is 60.8 Å². The Balaban J connectivity index is 1.32. The zero-order chi connectivity index (χ0) is 20.6. The maximum absolute atomic E-state index is 12.7. The van der Waals surface area contributed by atoms with Crippen LogP contribution in [0.3, 0.4) is 0 Å². The van der Waals surface area contributed by atoms with Crippen molar-refractivity contribution in [3.8, 4) is 0 Å². The van der Waals surface area contributed by atoms with E-state index in [2.05, 4.69) is 17.0 Å². The number of carbonyl (C=O) groups excluding carboxylic acids is 1. The van der Waals surface area contributed by atoms with E-state index >= 15 is 0 Å². The highest BCUT2D eigenvalue weighted by molar-refractivity contribution is 5.97. The number of aliphatic hydroxyl groups is 2. The van der Waals surface area contributed by atoms with Gasteiger partial charge >= 0.3 is 0 Å². The van der Waals surface area contributed by atoms with E-state index < -0.39 is 11.2 Å². The van der Waals surface area contributed by atoms with E-state index in [9.17, 15) is 15.0 Å². The van der Waals surface area contributed by atoms with Crippen molar-refractivity contribution >= 4 is 5.78 Å². The largest absolute Gasteiger partial charge is 0.390 e. The first-order valence-electron chi connectivity index (χ1n) is 10.6. The van der Waals surface area contributed by atoms with Crippen LogP contribution in [0.15, 0.2) is 54.6 Å². The summed E-state index contributed by atoms with van der Waals surface area (Å²) in [7, 11) is 0. The summed E-state index contributed by atoms with van der Waals surface area (Å²) in [6.45, 7) is 5.67. The quantitative estimate of drug-likeness (QED) is 0.739. The third-order valence-corrected chi connectivity index (χ3v) is 6.59. The summed E-state index contributed by atoms with van der Waals surface area (Å²) in [4.78, 5) is 14.9. The molecule has 2 fully saturated rings. The summed E-state index contributed by atoms with van der Waals surface area (Å²) < 4.78 is 0. The number of benzene rings is 2. The molecular weight excluding hydrogens is 362 g/mol. The maximum atomic E-state index is 12.7. The lowest BCUT2D eigenvalue weighted by atomic mass is 9.91. The van der Waals surface area contributed by atoms with E-state index in [1.54, 1.807) is 13.8 Å². The van der Waals surface area contributed by atoms with Crippen molar-refractivity contribution in [2.75, 3.05) is 19.6 Å². The average Bonchev–Trinajstić information content (AvgIpc) is 3.15. The SMILES string of the molecule is CC(C)(O)c1ccc(C(=O)CN2CC3CC(O)(Cc4ccccc4)CC3C2)cc1. The molecule has 29 heavy (non-hydrogen) atoms. The van der Waals surface area contributed by atoms with Crippen molar-refractivity contribution in [3.05, 3.63) is 71.3 Å². The van der Waals surface area contributed by atoms with Crippen LogP contribution >= 0.6 is 0 Å². The predicted molar refractivity (Wildman–Crippen MR) is 114 cm³/mol. The summed E-state index contributed by atoms with van der Waals surface area (Å²) in [6.07, 6.45) is 2.35. The smallest absolute Gasteiger partial charge is 0.176 e. The number of carbonyl (C=O) groups is 1. The average molecular weight is 394 g/mol. The first-order valence-corrected chi connectivity index (χ1v) is 10.6. The molecule has 1 aliphatic heterocycles. The molecule has 2 aliphatic rings. The number of hydrogen-bond donors (Lipinski definition) is 2. The standard InChI is InChI=1S/C25H31NO3/c1-24(2,28)22-10-8-19(9-11-22)23(27)17-26-15-20-13-25(29,14-21(20)16-26)12-18-6-4-3-5-7-18/h3-11,20-21,28-29H,12-17H2,1-2H3. The van der Waals surface area contributed by atoms with E-state index in [1.165, 1.54) is 5.56 Å². The molecule has 2 atom stereocenters. The Morgan fingerprint density at radius 3 is 2.17 bits per heavy atom. The lowest BCUT2D eigenvalue weighted by Crippen LogP contribution is -2.34. The Hall–Kier alpha value is -2.01. The fourth-order valence-electron chi connectivity index (χ4n) is 5.17. The van der Waals surface area contributed by atoms with Crippen molar-refractivity contribution in [1.29, 1.82) is 0 Å². The fourth-order valence-corrected chi connectivity index (χ4v) is 5.17. The molecule has 0 spiro atoms. The summed E-state index contributed by atoms with van der Waals surface area (Å²) in [5.41, 5.74) is 1.18. The minimum absolute atomic E-state index is 0.117. The van der Waals surface area contributed by atoms with Gasteiger partial charge in [-0.25, -0.2) is 0 Å². The van der Waals surface area contributed by atoms with Gasteiger partial charge in [0.05, 0.1) is 17.7 Å². The van der Waals surface area contributed by atoms with Crippen LogP contribution in [-0.2, 0) is 12.0 Å². The zero-order valence-electron chi connectivity index (χ0n) is 17.3. The molecule has 1 heterocycles. The molecule has 1 saturated heterocycles. The second-order valence-electron chi connectivity index (χ2n) is 9.57. The van der Waals surface area contributed by atoms with Gasteiger partial charge in [-0.2, -0.15) is 0 Å². The minimum atomic E-state index is -0.898. The summed E-state index contributed by atoms with van der Waals surface area (Å²) in [5, 5.41) is 21.1. The van der Waals surface area contributed by atoms with Crippen LogP contribution in [0.1, 0.15) is 48.2 Å². The highest BCUT2D eigenvalue weighted by Gasteiger charge is 2.48. The molecular formula is C25H31NO3. The summed E-state index contributed by atoms with van der Waals surface area (Å²) in [6, 6.07) is 17.5. The molecule has 0 amide bonds. The van der Waals surface area contributed by atoms with Crippen molar-refractivity contribution in [2.45, 2.75) is 44.3 Å². The third-order valence-electron chi connectivity index (χ3n) is 6.59. The molecule has 154 valence electrons. The second-order valence-corrected chi connectivity index (χ2v) is 9.57. The second kappa shape index (κ2) is 7.67. The number of fused-ring (bicyclic) bond motifs is 1. The highest BCUT2D eigenvalue weighted by Crippen LogP contribution is 2.45. The Bertz CT molecular complexity index is 840. The van der Waals surface area contributed by atoms with Crippen molar-refractivity contribution < 1.29 is 15.0 Å². The molecule has 1 aliphatic carbocycles. The lowest BCUT2D eigenvalue weighted by molar-refractivity contribution is 0.0355. The maximum Gasteiger partial charge on any atom is 0.176 e. The molecule has 2 aromatic carbocycles. The van der Waals surface area contributed by atoms with Gasteiger partial charge in [0.1, 0.15) is 0 Å². The van der Waals surface area contributed by atoms with Gasteiger partial charge in [-0.3, -0.25) is 9.69 Å². The van der Waals surface area contributed by atoms with Gasteiger partial charge in [-0.15, -0.1) is 0 Å². The number of nitrogens with zero attached hydrogens (tertiary/aromatic N) is 1. The Kier molecular flexibility index (Phi) is 5.36. The highest BCUT2D eigenvalue weighted by atomic mass is 16.3. The molecule has 4 heteroatoms. The van der Waals surface area contributed by atoms with Crippen LogP contribution in [0, 0.1) is 11.8 Å². The molecule has 2 aromatic rings. The van der Waals surface area contributed by atoms with E-state index in [-0.39, 0.29) is 5.78 Å². The van der Waals surface area contributed by atoms with Crippen LogP contribution in [0.4, 0.5) is 0 Å². The summed E-state index contributed by atoms with van der Waals surface area (Å²) >= 11 is 0. The van der Waals surface area contributed by atoms with Crippen molar-refractivity contribution in [2.24, 2.45) is 11.8 Å². The van der Waals surface area contributed by atoms with Crippen LogP contribution in [0.5, 0.6) is 0 Å². The summed E-state index contributed by atoms with van der Waals surface area (Å²) in [5.74, 6) is 1.05. The van der Waals surface area contributed by atoms with Gasteiger partial charge in [0.2, 0.25) is 0 Å². The normalized spacial score (nSPS) is 27.2. The fraction of sp³-hybridized carbons (Fsp3) is 0.480. The van der Waals surface area contributed by atoms with Gasteiger partial charge < -0.3 is 10.2 Å².